The first-order valence-corrected chi connectivity index (χ1v) is 5.58. The average Bonchev–Trinajstić information content (AvgIpc) is 2.26. The van der Waals surface area contributed by atoms with Crippen LogP contribution in [0.25, 0.3) is 0 Å². The summed E-state index contributed by atoms with van der Waals surface area (Å²) in [5.41, 5.74) is 1.10. The van der Waals surface area contributed by atoms with E-state index in [1.54, 1.807) is 0 Å². The summed E-state index contributed by atoms with van der Waals surface area (Å²) in [5.74, 6) is 0.350. The van der Waals surface area contributed by atoms with Gasteiger partial charge in [-0.15, -0.1) is 12.4 Å². The first-order valence-electron chi connectivity index (χ1n) is 5.58. The maximum Gasteiger partial charge on any atom is 0.344 e. The molecule has 1 aromatic carbocycles. The van der Waals surface area contributed by atoms with Gasteiger partial charge in [0.15, 0.2) is 6.61 Å². The number of hydrogen-bond acceptors (Lipinski definition) is 4. The lowest BCUT2D eigenvalue weighted by Gasteiger charge is -2.10. The van der Waals surface area contributed by atoms with Gasteiger partial charge >= 0.3 is 5.97 Å². The third-order valence-corrected chi connectivity index (χ3v) is 2.15. The Bertz CT molecular complexity index is 369. The summed E-state index contributed by atoms with van der Waals surface area (Å²) in [4.78, 5) is 13.3. The summed E-state index contributed by atoms with van der Waals surface area (Å²) in [7, 11) is 3.86. The van der Waals surface area contributed by atoms with Gasteiger partial charge in [0, 0.05) is 6.54 Å². The molecular weight excluding hydrogens is 254 g/mol. The van der Waals surface area contributed by atoms with Crippen molar-refractivity contribution < 1.29 is 14.3 Å². The Labute approximate surface area is 114 Å². The zero-order valence-corrected chi connectivity index (χ0v) is 11.8. The number of benzene rings is 1. The van der Waals surface area contributed by atoms with Gasteiger partial charge in [0.2, 0.25) is 0 Å². The molecule has 0 bridgehead atoms. The second-order valence-corrected chi connectivity index (χ2v) is 4.13. The first kappa shape index (κ1) is 16.7. The van der Waals surface area contributed by atoms with Gasteiger partial charge in [-0.25, -0.2) is 4.79 Å². The minimum atomic E-state index is -0.339. The molecule has 0 aromatic heterocycles. The van der Waals surface area contributed by atoms with E-state index >= 15 is 0 Å². The van der Waals surface area contributed by atoms with Crippen LogP contribution in [0.2, 0.25) is 0 Å². The van der Waals surface area contributed by atoms with E-state index in [0.717, 1.165) is 12.1 Å². The molecule has 0 spiro atoms. The number of hydrogen-bond donors (Lipinski definition) is 0. The third kappa shape index (κ3) is 7.14. The number of likely N-dealkylation sites (N-methyl/N-ethyl adjacent to an activating group) is 1. The van der Waals surface area contributed by atoms with Crippen molar-refractivity contribution in [1.82, 2.24) is 4.90 Å². The largest absolute Gasteiger partial charge is 0.482 e. The highest BCUT2D eigenvalue weighted by atomic mass is 35.5. The minimum absolute atomic E-state index is 0. The number of halogens is 1. The average molecular weight is 274 g/mol. The zero-order chi connectivity index (χ0) is 12.7. The van der Waals surface area contributed by atoms with Crippen LogP contribution in [0.4, 0.5) is 0 Å². The van der Waals surface area contributed by atoms with Crippen LogP contribution in [-0.4, -0.2) is 44.7 Å². The van der Waals surface area contributed by atoms with Crippen LogP contribution in [0, 0.1) is 6.92 Å². The molecule has 4 nitrogen and oxygen atoms in total. The van der Waals surface area contributed by atoms with Crippen LogP contribution >= 0.6 is 12.4 Å². The number of rotatable bonds is 6. The molecule has 0 saturated carbocycles. The van der Waals surface area contributed by atoms with Gasteiger partial charge in [-0.2, -0.15) is 0 Å². The topological polar surface area (TPSA) is 38.8 Å². The van der Waals surface area contributed by atoms with E-state index in [9.17, 15) is 4.79 Å². The Kier molecular flexibility index (Phi) is 8.16. The molecule has 5 heteroatoms. The quantitative estimate of drug-likeness (QED) is 0.742. The van der Waals surface area contributed by atoms with Gasteiger partial charge in [-0.1, -0.05) is 12.1 Å². The number of nitrogens with zero attached hydrogens (tertiary/aromatic N) is 1. The van der Waals surface area contributed by atoms with E-state index in [-0.39, 0.29) is 25.0 Å². The molecule has 0 N–H and O–H groups in total. The molecule has 0 fully saturated rings. The fourth-order valence-corrected chi connectivity index (χ4v) is 1.23. The minimum Gasteiger partial charge on any atom is -0.482 e. The normalized spacial score (nSPS) is 9.78. The first-order chi connectivity index (χ1) is 8.08. The van der Waals surface area contributed by atoms with Crippen LogP contribution in [0.3, 0.4) is 0 Å². The highest BCUT2D eigenvalue weighted by molar-refractivity contribution is 5.85. The van der Waals surface area contributed by atoms with Gasteiger partial charge in [0.05, 0.1) is 0 Å². The molecule has 1 rings (SSSR count). The second-order valence-electron chi connectivity index (χ2n) is 4.13. The molecule has 0 amide bonds. The monoisotopic (exact) mass is 273 g/mol. The number of aryl methyl sites for hydroxylation is 1. The summed E-state index contributed by atoms with van der Waals surface area (Å²) < 4.78 is 10.3. The predicted octanol–water partition coefficient (Wildman–Crippen LogP) is 1.90. The molecule has 102 valence electrons. The smallest absolute Gasteiger partial charge is 0.344 e. The lowest BCUT2D eigenvalue weighted by Crippen LogP contribution is -2.22. The van der Waals surface area contributed by atoms with Crippen molar-refractivity contribution in [1.29, 1.82) is 0 Å². The molecule has 0 unspecified atom stereocenters. The number of carbonyl (C=O) groups is 1. The van der Waals surface area contributed by atoms with E-state index < -0.39 is 0 Å². The van der Waals surface area contributed by atoms with E-state index in [2.05, 4.69) is 0 Å². The van der Waals surface area contributed by atoms with E-state index in [1.807, 2.05) is 50.2 Å². The fraction of sp³-hybridized carbons (Fsp3) is 0.462. The Morgan fingerprint density at radius 2 is 2.06 bits per heavy atom. The lowest BCUT2D eigenvalue weighted by molar-refractivity contribution is -0.146. The molecule has 1 aromatic rings. The zero-order valence-electron chi connectivity index (χ0n) is 11.0. The molecule has 18 heavy (non-hydrogen) atoms. The lowest BCUT2D eigenvalue weighted by atomic mass is 10.2. The van der Waals surface area contributed by atoms with Crippen molar-refractivity contribution >= 4 is 18.4 Å². The van der Waals surface area contributed by atoms with Gasteiger partial charge in [0.1, 0.15) is 12.4 Å². The van der Waals surface area contributed by atoms with Crippen molar-refractivity contribution in [2.24, 2.45) is 0 Å². The fourth-order valence-electron chi connectivity index (χ4n) is 1.23. The SMILES string of the molecule is Cc1cccc(OCC(=O)OCCN(C)C)c1.Cl. The van der Waals surface area contributed by atoms with Gasteiger partial charge in [-0.05, 0) is 38.7 Å². The molecule has 0 atom stereocenters. The Hall–Kier alpha value is -1.26. The summed E-state index contributed by atoms with van der Waals surface area (Å²) in [6.07, 6.45) is 0. The Morgan fingerprint density at radius 3 is 2.67 bits per heavy atom. The van der Waals surface area contributed by atoms with Crippen molar-refractivity contribution in [3.63, 3.8) is 0 Å². The molecular formula is C13H20ClNO3. The van der Waals surface area contributed by atoms with Crippen molar-refractivity contribution in [2.75, 3.05) is 33.9 Å². The molecule has 0 aliphatic heterocycles. The maximum atomic E-state index is 11.3. The van der Waals surface area contributed by atoms with E-state index in [1.165, 1.54) is 0 Å². The van der Waals surface area contributed by atoms with Gasteiger partial charge in [0.25, 0.3) is 0 Å². The summed E-state index contributed by atoms with van der Waals surface area (Å²) >= 11 is 0. The Balaban J connectivity index is 0.00000289. The maximum absolute atomic E-state index is 11.3. The predicted molar refractivity (Wildman–Crippen MR) is 73.4 cm³/mol. The van der Waals surface area contributed by atoms with Crippen molar-refractivity contribution in [2.45, 2.75) is 6.92 Å². The summed E-state index contributed by atoms with van der Waals surface area (Å²) in [6, 6.07) is 7.57. The van der Waals surface area contributed by atoms with Crippen LogP contribution in [0.15, 0.2) is 24.3 Å². The van der Waals surface area contributed by atoms with Crippen LogP contribution in [-0.2, 0) is 9.53 Å². The molecule has 0 heterocycles. The van der Waals surface area contributed by atoms with Crippen LogP contribution in [0.1, 0.15) is 5.56 Å². The summed E-state index contributed by atoms with van der Waals surface area (Å²) in [5, 5.41) is 0. The number of ether oxygens (including phenoxy) is 2. The highest BCUT2D eigenvalue weighted by Crippen LogP contribution is 2.11. The molecule has 0 aliphatic carbocycles. The summed E-state index contributed by atoms with van der Waals surface area (Å²) in [6.45, 7) is 3.04. The van der Waals surface area contributed by atoms with E-state index in [0.29, 0.717) is 12.4 Å². The van der Waals surface area contributed by atoms with Gasteiger partial charge < -0.3 is 14.4 Å². The van der Waals surface area contributed by atoms with Crippen LogP contribution < -0.4 is 4.74 Å². The standard InChI is InChI=1S/C13H19NO3.ClH/c1-11-5-4-6-12(9-11)17-10-13(15)16-8-7-14(2)3;/h4-6,9H,7-8,10H2,1-3H3;1H. The highest BCUT2D eigenvalue weighted by Gasteiger charge is 2.04. The van der Waals surface area contributed by atoms with E-state index in [4.69, 9.17) is 9.47 Å². The second kappa shape index (κ2) is 8.78. The van der Waals surface area contributed by atoms with Crippen molar-refractivity contribution in [3.8, 4) is 5.75 Å². The van der Waals surface area contributed by atoms with Crippen LogP contribution in [0.5, 0.6) is 5.75 Å². The molecule has 0 aliphatic rings. The van der Waals surface area contributed by atoms with Gasteiger partial charge in [-0.3, -0.25) is 0 Å². The molecule has 0 radical (unpaired) electrons. The van der Waals surface area contributed by atoms with Crippen molar-refractivity contribution in [3.05, 3.63) is 29.8 Å². The number of esters is 1. The Morgan fingerprint density at radius 1 is 1.33 bits per heavy atom. The third-order valence-electron chi connectivity index (χ3n) is 2.15. The molecule has 0 saturated heterocycles. The number of carbonyl (C=O) groups excluding carboxylic acids is 1.